The van der Waals surface area contributed by atoms with Crippen LogP contribution in [0, 0.1) is 0 Å². The maximum atomic E-state index is 12.1. The first kappa shape index (κ1) is 13.5. The van der Waals surface area contributed by atoms with Crippen LogP contribution in [-0.2, 0) is 10.2 Å². The fourth-order valence-electron chi connectivity index (χ4n) is 1.76. The summed E-state index contributed by atoms with van der Waals surface area (Å²) in [6.45, 7) is 1.04. The molecule has 0 radical (unpaired) electrons. The number of nitrogens with two attached hydrogens (primary N) is 1. The van der Waals surface area contributed by atoms with Gasteiger partial charge >= 0.3 is 0 Å². The number of carbonyl (C=O) groups is 1. The molecule has 1 aliphatic rings. The first-order valence-corrected chi connectivity index (χ1v) is 7.49. The standard InChI is InChI=1S/C9H12BrN3O4S/c10-8-7(1-6-17-8)9(14)12-2-4-13(5-3-12)18(11,15)16/h1,6H,2-5H2,(H2,11,15,16). The lowest BCUT2D eigenvalue weighted by Gasteiger charge is -2.32. The minimum atomic E-state index is -3.67. The molecular weight excluding hydrogens is 326 g/mol. The first-order valence-electron chi connectivity index (χ1n) is 5.20. The minimum absolute atomic E-state index is 0.190. The van der Waals surface area contributed by atoms with Crippen LogP contribution < -0.4 is 5.14 Å². The van der Waals surface area contributed by atoms with E-state index in [2.05, 4.69) is 15.9 Å². The summed E-state index contributed by atoms with van der Waals surface area (Å²) in [6, 6.07) is 1.57. The predicted molar refractivity (Wildman–Crippen MR) is 67.0 cm³/mol. The van der Waals surface area contributed by atoms with Gasteiger partial charge in [0.15, 0.2) is 4.67 Å². The van der Waals surface area contributed by atoms with Gasteiger partial charge in [-0.15, -0.1) is 0 Å². The van der Waals surface area contributed by atoms with Gasteiger partial charge in [0.1, 0.15) is 0 Å². The highest BCUT2D eigenvalue weighted by Gasteiger charge is 2.28. The molecule has 7 nitrogen and oxygen atoms in total. The van der Waals surface area contributed by atoms with Crippen LogP contribution in [0.2, 0.25) is 0 Å². The van der Waals surface area contributed by atoms with Crippen molar-refractivity contribution in [2.45, 2.75) is 0 Å². The molecule has 0 aliphatic carbocycles. The SMILES string of the molecule is NS(=O)(=O)N1CCN(C(=O)c2ccoc2Br)CC1. The topological polar surface area (TPSA) is 96.9 Å². The lowest BCUT2D eigenvalue weighted by atomic mass is 10.2. The fourth-order valence-corrected chi connectivity index (χ4v) is 2.84. The van der Waals surface area contributed by atoms with Crippen molar-refractivity contribution in [2.24, 2.45) is 5.14 Å². The zero-order chi connectivity index (χ0) is 13.3. The van der Waals surface area contributed by atoms with E-state index in [1.807, 2.05) is 0 Å². The fraction of sp³-hybridized carbons (Fsp3) is 0.444. The number of amides is 1. The molecule has 1 aliphatic heterocycles. The summed E-state index contributed by atoms with van der Waals surface area (Å²) in [7, 11) is -3.67. The lowest BCUT2D eigenvalue weighted by Crippen LogP contribution is -2.52. The van der Waals surface area contributed by atoms with Crippen molar-refractivity contribution in [3.05, 3.63) is 22.6 Å². The molecule has 1 amide bonds. The van der Waals surface area contributed by atoms with Crippen LogP contribution in [0.1, 0.15) is 10.4 Å². The molecule has 0 saturated carbocycles. The summed E-state index contributed by atoms with van der Waals surface area (Å²) in [5.74, 6) is -0.190. The van der Waals surface area contributed by atoms with Gasteiger partial charge in [0.25, 0.3) is 16.1 Å². The summed E-state index contributed by atoms with van der Waals surface area (Å²) in [5, 5.41) is 5.02. The number of nitrogens with zero attached hydrogens (tertiary/aromatic N) is 2. The molecule has 0 spiro atoms. The van der Waals surface area contributed by atoms with Gasteiger partial charge in [0, 0.05) is 26.2 Å². The van der Waals surface area contributed by atoms with E-state index in [0.717, 1.165) is 4.31 Å². The molecule has 0 aromatic carbocycles. The van der Waals surface area contributed by atoms with Gasteiger partial charge in [-0.25, -0.2) is 5.14 Å². The van der Waals surface area contributed by atoms with Crippen molar-refractivity contribution in [1.82, 2.24) is 9.21 Å². The van der Waals surface area contributed by atoms with Crippen LogP contribution in [0.5, 0.6) is 0 Å². The van der Waals surface area contributed by atoms with Gasteiger partial charge < -0.3 is 9.32 Å². The average Bonchev–Trinajstić information content (AvgIpc) is 2.73. The van der Waals surface area contributed by atoms with E-state index in [1.165, 1.54) is 6.26 Å². The first-order chi connectivity index (χ1) is 8.39. The second-order valence-electron chi connectivity index (χ2n) is 3.84. The van der Waals surface area contributed by atoms with Crippen molar-refractivity contribution < 1.29 is 17.6 Å². The highest BCUT2D eigenvalue weighted by atomic mass is 79.9. The molecule has 0 bridgehead atoms. The third-order valence-corrected chi connectivity index (χ3v) is 4.43. The molecule has 0 unspecified atom stereocenters. The molecule has 100 valence electrons. The van der Waals surface area contributed by atoms with E-state index in [1.54, 1.807) is 11.0 Å². The molecular formula is C9H12BrN3O4S. The Labute approximate surface area is 113 Å². The molecule has 2 N–H and O–H groups in total. The molecule has 0 atom stereocenters. The van der Waals surface area contributed by atoms with Crippen LogP contribution in [0.3, 0.4) is 0 Å². The lowest BCUT2D eigenvalue weighted by molar-refractivity contribution is 0.0696. The molecule has 1 fully saturated rings. The van der Waals surface area contributed by atoms with Crippen molar-refractivity contribution >= 4 is 32.0 Å². The Morgan fingerprint density at radius 2 is 1.94 bits per heavy atom. The summed E-state index contributed by atoms with van der Waals surface area (Å²) < 4.78 is 28.8. The van der Waals surface area contributed by atoms with E-state index < -0.39 is 10.2 Å². The van der Waals surface area contributed by atoms with Crippen LogP contribution in [0.15, 0.2) is 21.4 Å². The summed E-state index contributed by atoms with van der Waals surface area (Å²) in [4.78, 5) is 13.6. The summed E-state index contributed by atoms with van der Waals surface area (Å²) in [5.41, 5.74) is 0.430. The second-order valence-corrected chi connectivity index (χ2v) is 6.11. The van der Waals surface area contributed by atoms with Gasteiger partial charge in [0.05, 0.1) is 11.8 Å². The predicted octanol–water partition coefficient (Wildman–Crippen LogP) is 0.00340. The van der Waals surface area contributed by atoms with Crippen molar-refractivity contribution in [3.63, 3.8) is 0 Å². The van der Waals surface area contributed by atoms with Crippen LogP contribution in [0.25, 0.3) is 0 Å². The quantitative estimate of drug-likeness (QED) is 0.821. The number of hydrogen-bond donors (Lipinski definition) is 1. The van der Waals surface area contributed by atoms with E-state index in [4.69, 9.17) is 9.56 Å². The van der Waals surface area contributed by atoms with Gasteiger partial charge in [-0.3, -0.25) is 4.79 Å². The number of halogens is 1. The number of piperazine rings is 1. The maximum absolute atomic E-state index is 12.1. The zero-order valence-corrected chi connectivity index (χ0v) is 11.8. The number of hydrogen-bond acceptors (Lipinski definition) is 4. The third-order valence-electron chi connectivity index (χ3n) is 2.73. The monoisotopic (exact) mass is 337 g/mol. The summed E-state index contributed by atoms with van der Waals surface area (Å²) in [6.07, 6.45) is 1.41. The highest BCUT2D eigenvalue weighted by molar-refractivity contribution is 9.10. The molecule has 2 rings (SSSR count). The van der Waals surface area contributed by atoms with Crippen molar-refractivity contribution in [2.75, 3.05) is 26.2 Å². The minimum Gasteiger partial charge on any atom is -0.457 e. The van der Waals surface area contributed by atoms with Gasteiger partial charge in [-0.2, -0.15) is 12.7 Å². The van der Waals surface area contributed by atoms with E-state index >= 15 is 0 Å². The van der Waals surface area contributed by atoms with Crippen LogP contribution >= 0.6 is 15.9 Å². The highest BCUT2D eigenvalue weighted by Crippen LogP contribution is 2.20. The zero-order valence-electron chi connectivity index (χ0n) is 9.37. The summed E-state index contributed by atoms with van der Waals surface area (Å²) >= 11 is 3.14. The normalized spacial score (nSPS) is 18.0. The smallest absolute Gasteiger partial charge is 0.277 e. The number of furan rings is 1. The Kier molecular flexibility index (Phi) is 3.76. The molecule has 9 heteroatoms. The third kappa shape index (κ3) is 2.74. The van der Waals surface area contributed by atoms with Gasteiger partial charge in [-0.05, 0) is 22.0 Å². The second kappa shape index (κ2) is 5.00. The average molecular weight is 338 g/mol. The van der Waals surface area contributed by atoms with Gasteiger partial charge in [0.2, 0.25) is 0 Å². The van der Waals surface area contributed by atoms with E-state index in [0.29, 0.717) is 23.3 Å². The number of carbonyl (C=O) groups excluding carboxylic acids is 1. The van der Waals surface area contributed by atoms with Crippen LogP contribution in [-0.4, -0.2) is 49.7 Å². The van der Waals surface area contributed by atoms with Crippen molar-refractivity contribution in [3.8, 4) is 0 Å². The van der Waals surface area contributed by atoms with Crippen LogP contribution in [0.4, 0.5) is 0 Å². The Morgan fingerprint density at radius 1 is 1.33 bits per heavy atom. The molecule has 1 saturated heterocycles. The molecule has 18 heavy (non-hydrogen) atoms. The van der Waals surface area contributed by atoms with E-state index in [9.17, 15) is 13.2 Å². The molecule has 1 aromatic rings. The largest absolute Gasteiger partial charge is 0.457 e. The number of rotatable bonds is 2. The molecule has 1 aromatic heterocycles. The van der Waals surface area contributed by atoms with E-state index in [-0.39, 0.29) is 19.0 Å². The van der Waals surface area contributed by atoms with Crippen molar-refractivity contribution in [1.29, 1.82) is 0 Å². The maximum Gasteiger partial charge on any atom is 0.277 e. The Morgan fingerprint density at radius 3 is 2.39 bits per heavy atom. The molecule has 2 heterocycles. The van der Waals surface area contributed by atoms with Gasteiger partial charge in [-0.1, -0.05) is 0 Å². The Balaban J connectivity index is 2.03. The Hall–Kier alpha value is -0.900. The Bertz CT molecular complexity index is 548.